The van der Waals surface area contributed by atoms with Crippen LogP contribution in [-0.2, 0) is 38.5 Å². The third-order valence-electron chi connectivity index (χ3n) is 6.88. The van der Waals surface area contributed by atoms with E-state index in [2.05, 4.69) is 53.3 Å². The molecule has 1 amide bonds. The summed E-state index contributed by atoms with van der Waals surface area (Å²) in [6.07, 6.45) is 3.77. The molecule has 1 N–H and O–H groups in total. The summed E-state index contributed by atoms with van der Waals surface area (Å²) in [6, 6.07) is 8.49. The summed E-state index contributed by atoms with van der Waals surface area (Å²) in [5.74, 6) is 1.47. The molecule has 0 saturated carbocycles. The first-order valence-corrected chi connectivity index (χ1v) is 12.4. The molecular weight excluding hydrogens is 444 g/mol. The molecule has 35 heavy (non-hydrogen) atoms. The largest absolute Gasteiger partial charge is 0.352 e. The Morgan fingerprint density at radius 1 is 1.03 bits per heavy atom. The molecule has 9 heteroatoms. The molecule has 3 aromatic rings. The molecule has 188 valence electrons. The Hall–Kier alpha value is -3.20. The summed E-state index contributed by atoms with van der Waals surface area (Å²) >= 11 is 0. The van der Waals surface area contributed by atoms with Gasteiger partial charge in [-0.15, -0.1) is 0 Å². The molecule has 1 aliphatic rings. The predicted octanol–water partition coefficient (Wildman–Crippen LogP) is 2.01. The Morgan fingerprint density at radius 3 is 2.37 bits per heavy atom. The number of imidazole rings is 1. The van der Waals surface area contributed by atoms with E-state index in [1.165, 1.54) is 23.6 Å². The highest BCUT2D eigenvalue weighted by atomic mass is 16.2. The van der Waals surface area contributed by atoms with Gasteiger partial charge in [-0.3, -0.25) is 23.6 Å². The fraction of sp³-hybridized carbons (Fsp3) is 0.538. The number of benzene rings is 1. The molecule has 0 radical (unpaired) electrons. The summed E-state index contributed by atoms with van der Waals surface area (Å²) in [6.45, 7) is 8.91. The molecule has 1 aliphatic heterocycles. The van der Waals surface area contributed by atoms with E-state index in [9.17, 15) is 14.4 Å². The number of nitrogens with one attached hydrogen (secondary N) is 1. The van der Waals surface area contributed by atoms with Gasteiger partial charge >= 0.3 is 5.69 Å². The molecule has 2 aromatic heterocycles. The van der Waals surface area contributed by atoms with E-state index >= 15 is 0 Å². The van der Waals surface area contributed by atoms with Gasteiger partial charge in [0, 0.05) is 53.2 Å². The summed E-state index contributed by atoms with van der Waals surface area (Å²) in [5.41, 5.74) is 2.33. The number of hydrogen-bond acceptors (Lipinski definition) is 5. The van der Waals surface area contributed by atoms with E-state index in [-0.39, 0.29) is 11.5 Å². The number of carbonyl (C=O) groups excluding carboxylic acids is 1. The Labute approximate surface area is 205 Å². The fourth-order valence-electron chi connectivity index (χ4n) is 5.21. The molecule has 0 aliphatic carbocycles. The number of aryl methyl sites for hydroxylation is 2. The lowest BCUT2D eigenvalue weighted by molar-refractivity contribution is -0.121. The number of aromatic nitrogens is 4. The normalized spacial score (nSPS) is 18.7. The van der Waals surface area contributed by atoms with Crippen LogP contribution in [0.25, 0.3) is 11.2 Å². The second-order valence-corrected chi connectivity index (χ2v) is 10.2. The average Bonchev–Trinajstić information content (AvgIpc) is 3.24. The second kappa shape index (κ2) is 10.6. The van der Waals surface area contributed by atoms with Gasteiger partial charge in [0.15, 0.2) is 11.2 Å². The molecule has 0 bridgehead atoms. The molecule has 2 unspecified atom stereocenters. The van der Waals surface area contributed by atoms with Crippen molar-refractivity contribution in [2.75, 3.05) is 13.1 Å². The smallest absolute Gasteiger partial charge is 0.332 e. The molecule has 2 atom stereocenters. The number of carbonyl (C=O) groups is 1. The maximum atomic E-state index is 12.5. The van der Waals surface area contributed by atoms with Gasteiger partial charge in [-0.1, -0.05) is 38.1 Å². The number of nitrogens with zero attached hydrogens (tertiary/aromatic N) is 5. The molecule has 9 nitrogen and oxygen atoms in total. The molecule has 1 saturated heterocycles. The number of likely N-dealkylation sites (tertiary alicyclic amines) is 1. The lowest BCUT2D eigenvalue weighted by Crippen LogP contribution is -2.38. The van der Waals surface area contributed by atoms with Crippen LogP contribution in [0.3, 0.4) is 0 Å². The average molecular weight is 481 g/mol. The van der Waals surface area contributed by atoms with Crippen molar-refractivity contribution in [1.82, 2.24) is 28.9 Å². The Balaban J connectivity index is 1.25. The van der Waals surface area contributed by atoms with Crippen LogP contribution < -0.4 is 16.6 Å². The van der Waals surface area contributed by atoms with Crippen LogP contribution in [0.2, 0.25) is 0 Å². The summed E-state index contributed by atoms with van der Waals surface area (Å²) in [4.78, 5) is 43.7. The van der Waals surface area contributed by atoms with Gasteiger partial charge in [0.25, 0.3) is 5.56 Å². The van der Waals surface area contributed by atoms with Gasteiger partial charge in [-0.25, -0.2) is 9.78 Å². The van der Waals surface area contributed by atoms with E-state index in [1.807, 2.05) is 0 Å². The predicted molar refractivity (Wildman–Crippen MR) is 136 cm³/mol. The number of piperidine rings is 1. The lowest BCUT2D eigenvalue weighted by Gasteiger charge is -2.35. The minimum Gasteiger partial charge on any atom is -0.352 e. The van der Waals surface area contributed by atoms with Gasteiger partial charge in [0.2, 0.25) is 5.91 Å². The van der Waals surface area contributed by atoms with Crippen LogP contribution in [0.4, 0.5) is 0 Å². The number of fused-ring (bicyclic) bond motifs is 1. The quantitative estimate of drug-likeness (QED) is 0.532. The minimum absolute atomic E-state index is 0.0323. The molecule has 1 fully saturated rings. The standard InChI is InChI=1S/C26H36N6O3/c1-18-12-19(2)15-31(14-18)16-21-9-7-20(8-10-21)13-27-22(33)6-5-11-32-17-28-24-23(32)25(34)30(4)26(35)29(24)3/h7-10,17-19H,5-6,11-16H2,1-4H3,(H,27,33). The van der Waals surface area contributed by atoms with Crippen molar-refractivity contribution in [1.29, 1.82) is 0 Å². The van der Waals surface area contributed by atoms with Gasteiger partial charge in [-0.2, -0.15) is 0 Å². The number of hydrogen-bond donors (Lipinski definition) is 1. The zero-order chi connectivity index (χ0) is 25.1. The van der Waals surface area contributed by atoms with Crippen molar-refractivity contribution >= 4 is 17.1 Å². The van der Waals surface area contributed by atoms with E-state index < -0.39 is 5.69 Å². The highest BCUT2D eigenvalue weighted by molar-refractivity contribution is 5.75. The maximum absolute atomic E-state index is 12.5. The van der Waals surface area contributed by atoms with E-state index in [0.29, 0.717) is 37.1 Å². The van der Waals surface area contributed by atoms with E-state index in [0.717, 1.165) is 41.6 Å². The minimum atomic E-state index is -0.407. The van der Waals surface area contributed by atoms with E-state index in [4.69, 9.17) is 0 Å². The first-order chi connectivity index (χ1) is 16.7. The molecule has 4 rings (SSSR count). The first kappa shape index (κ1) is 24.9. The van der Waals surface area contributed by atoms with Crippen LogP contribution in [0.1, 0.15) is 44.2 Å². The van der Waals surface area contributed by atoms with Crippen molar-refractivity contribution in [3.8, 4) is 0 Å². The Bertz CT molecular complexity index is 1290. The van der Waals surface area contributed by atoms with Crippen LogP contribution in [0.15, 0.2) is 40.2 Å². The van der Waals surface area contributed by atoms with Crippen molar-refractivity contribution in [3.63, 3.8) is 0 Å². The van der Waals surface area contributed by atoms with Crippen molar-refractivity contribution in [2.45, 2.75) is 52.7 Å². The van der Waals surface area contributed by atoms with Crippen LogP contribution in [0.5, 0.6) is 0 Å². The fourth-order valence-corrected chi connectivity index (χ4v) is 5.21. The number of amides is 1. The lowest BCUT2D eigenvalue weighted by atomic mass is 9.91. The molecule has 3 heterocycles. The van der Waals surface area contributed by atoms with Gasteiger partial charge in [0.05, 0.1) is 6.33 Å². The zero-order valence-electron chi connectivity index (χ0n) is 21.2. The van der Waals surface area contributed by atoms with Gasteiger partial charge in [0.1, 0.15) is 0 Å². The highest BCUT2D eigenvalue weighted by Crippen LogP contribution is 2.22. The Kier molecular flexibility index (Phi) is 7.54. The summed E-state index contributed by atoms with van der Waals surface area (Å²) in [5, 5.41) is 2.98. The van der Waals surface area contributed by atoms with Crippen LogP contribution in [-0.4, -0.2) is 42.6 Å². The number of rotatable bonds is 8. The third kappa shape index (κ3) is 5.73. The highest BCUT2D eigenvalue weighted by Gasteiger charge is 2.21. The van der Waals surface area contributed by atoms with Crippen molar-refractivity contribution < 1.29 is 4.79 Å². The topological polar surface area (TPSA) is 94.2 Å². The molecule has 0 spiro atoms. The summed E-state index contributed by atoms with van der Waals surface area (Å²) in [7, 11) is 3.05. The van der Waals surface area contributed by atoms with Crippen molar-refractivity contribution in [2.24, 2.45) is 25.9 Å². The SMILES string of the molecule is CC1CC(C)CN(Cc2ccc(CNC(=O)CCCn3cnc4c3c(=O)n(C)c(=O)n4C)cc2)C1. The van der Waals surface area contributed by atoms with Crippen molar-refractivity contribution in [3.05, 3.63) is 62.6 Å². The monoisotopic (exact) mass is 480 g/mol. The third-order valence-corrected chi connectivity index (χ3v) is 6.88. The molecule has 1 aromatic carbocycles. The second-order valence-electron chi connectivity index (χ2n) is 10.2. The first-order valence-electron chi connectivity index (χ1n) is 12.4. The maximum Gasteiger partial charge on any atom is 0.332 e. The van der Waals surface area contributed by atoms with E-state index in [1.54, 1.807) is 17.9 Å². The summed E-state index contributed by atoms with van der Waals surface area (Å²) < 4.78 is 4.15. The molecular formula is C26H36N6O3. The Morgan fingerprint density at radius 2 is 1.69 bits per heavy atom. The zero-order valence-corrected chi connectivity index (χ0v) is 21.2. The van der Waals surface area contributed by atoms with Crippen LogP contribution >= 0.6 is 0 Å². The van der Waals surface area contributed by atoms with Gasteiger partial charge < -0.3 is 9.88 Å². The van der Waals surface area contributed by atoms with Gasteiger partial charge in [-0.05, 0) is 35.8 Å². The van der Waals surface area contributed by atoms with Crippen LogP contribution in [0, 0.1) is 11.8 Å².